The van der Waals surface area contributed by atoms with Gasteiger partial charge in [0.15, 0.2) is 0 Å². The highest BCUT2D eigenvalue weighted by Gasteiger charge is 2.20. The lowest BCUT2D eigenvalue weighted by Gasteiger charge is -2.36. The van der Waals surface area contributed by atoms with Crippen molar-refractivity contribution in [3.05, 3.63) is 54.1 Å². The monoisotopic (exact) mass is 479 g/mol. The van der Waals surface area contributed by atoms with E-state index in [1.807, 2.05) is 6.07 Å². The molecule has 0 radical (unpaired) electrons. The lowest BCUT2D eigenvalue weighted by molar-refractivity contribution is 0.162. The summed E-state index contributed by atoms with van der Waals surface area (Å²) in [6.07, 6.45) is 4.08. The van der Waals surface area contributed by atoms with Gasteiger partial charge in [-0.2, -0.15) is 0 Å². The fraction of sp³-hybridized carbons (Fsp3) is 0.478. The molecule has 1 fully saturated rings. The van der Waals surface area contributed by atoms with Gasteiger partial charge in [-0.05, 0) is 49.2 Å². The predicted molar refractivity (Wildman–Crippen MR) is 129 cm³/mol. The van der Waals surface area contributed by atoms with Gasteiger partial charge in [0.2, 0.25) is 10.0 Å². The molecule has 1 saturated heterocycles. The van der Waals surface area contributed by atoms with Gasteiger partial charge in [-0.25, -0.2) is 13.6 Å². The Balaban J connectivity index is 1.40. The van der Waals surface area contributed by atoms with Crippen LogP contribution in [0.3, 0.4) is 0 Å². The van der Waals surface area contributed by atoms with Crippen LogP contribution in [-0.2, 0) is 20.8 Å². The molecule has 176 valence electrons. The van der Waals surface area contributed by atoms with Crippen molar-refractivity contribution in [2.75, 3.05) is 43.9 Å². The van der Waals surface area contributed by atoms with Crippen molar-refractivity contribution in [2.45, 2.75) is 41.6 Å². The van der Waals surface area contributed by atoms with Crippen LogP contribution in [-0.4, -0.2) is 61.6 Å². The molecule has 32 heavy (non-hydrogen) atoms. The summed E-state index contributed by atoms with van der Waals surface area (Å²) in [4.78, 5) is 4.89. The molecule has 0 aromatic heterocycles. The average molecular weight is 480 g/mol. The molecule has 0 bridgehead atoms. The van der Waals surface area contributed by atoms with Crippen molar-refractivity contribution in [2.24, 2.45) is 5.14 Å². The number of primary sulfonamides is 1. The van der Waals surface area contributed by atoms with Gasteiger partial charge in [-0.3, -0.25) is 9.11 Å². The zero-order valence-electron chi connectivity index (χ0n) is 18.5. The number of anilines is 1. The summed E-state index contributed by atoms with van der Waals surface area (Å²) in [6.45, 7) is 5.23. The van der Waals surface area contributed by atoms with Gasteiger partial charge in [-0.15, -0.1) is 0 Å². The zero-order valence-corrected chi connectivity index (χ0v) is 20.2. The van der Waals surface area contributed by atoms with Crippen molar-refractivity contribution in [3.63, 3.8) is 0 Å². The highest BCUT2D eigenvalue weighted by molar-refractivity contribution is 7.90. The summed E-state index contributed by atoms with van der Waals surface area (Å²) < 4.78 is 35.5. The number of nitrogens with zero attached hydrogens (tertiary/aromatic N) is 2. The van der Waals surface area contributed by atoms with E-state index in [0.717, 1.165) is 52.0 Å². The van der Waals surface area contributed by atoms with Gasteiger partial charge in [0.25, 0.3) is 0 Å². The first-order valence-corrected chi connectivity index (χ1v) is 14.1. The number of sulfonamides is 1. The molecule has 1 aliphatic heterocycles. The summed E-state index contributed by atoms with van der Waals surface area (Å²) in [5, 5.41) is 15.8. The van der Waals surface area contributed by atoms with Crippen LogP contribution < -0.4 is 10.0 Å². The van der Waals surface area contributed by atoms with E-state index in [1.165, 1.54) is 24.1 Å². The van der Waals surface area contributed by atoms with Gasteiger partial charge >= 0.3 is 0 Å². The lowest BCUT2D eigenvalue weighted by atomic mass is 10.0. The standard InChI is InChI=1S/C23H33N3O4S2/c1-31(28)22-12-11-19(18-23(22)32(24,29)30)21(27)10-6-3-7-13-25-14-16-26(17-15-25)20-8-4-2-5-9-20/h2,4-5,8-9,11-12,18,21,27H,3,6-7,10,13-17H2,1H3,(H2,24,29,30). The molecule has 1 heterocycles. The third kappa shape index (κ3) is 6.86. The Morgan fingerprint density at radius 1 is 1.03 bits per heavy atom. The molecule has 0 saturated carbocycles. The summed E-state index contributed by atoms with van der Waals surface area (Å²) >= 11 is 0. The normalized spacial score (nSPS) is 17.3. The molecule has 3 N–H and O–H groups in total. The van der Waals surface area contributed by atoms with Crippen LogP contribution in [0.15, 0.2) is 58.3 Å². The zero-order chi connectivity index (χ0) is 23.1. The molecule has 2 aromatic rings. The van der Waals surface area contributed by atoms with Crippen LogP contribution >= 0.6 is 0 Å². The minimum absolute atomic E-state index is 0.163. The maximum absolute atomic E-state index is 11.8. The second kappa shape index (κ2) is 11.4. The molecule has 0 spiro atoms. The number of para-hydroxylation sites is 1. The molecular weight excluding hydrogens is 446 g/mol. The van der Waals surface area contributed by atoms with E-state index in [1.54, 1.807) is 6.07 Å². The van der Waals surface area contributed by atoms with Crippen LogP contribution in [0.4, 0.5) is 5.69 Å². The van der Waals surface area contributed by atoms with Crippen molar-refractivity contribution in [3.8, 4) is 0 Å². The van der Waals surface area contributed by atoms with Gasteiger partial charge in [0.05, 0.1) is 26.7 Å². The number of nitrogens with two attached hydrogens (primary N) is 1. The Kier molecular flexibility index (Phi) is 8.84. The topological polar surface area (TPSA) is 104 Å². The number of unbranched alkanes of at least 4 members (excludes halogenated alkanes) is 2. The summed E-state index contributed by atoms with van der Waals surface area (Å²) in [5.41, 5.74) is 1.77. The van der Waals surface area contributed by atoms with Crippen molar-refractivity contribution in [1.29, 1.82) is 0 Å². The smallest absolute Gasteiger partial charge is 0.239 e. The number of aliphatic hydroxyl groups is 1. The Bertz CT molecular complexity index is 1010. The number of benzene rings is 2. The van der Waals surface area contributed by atoms with E-state index in [-0.39, 0.29) is 9.79 Å². The predicted octanol–water partition coefficient (Wildman–Crippen LogP) is 2.49. The second-order valence-electron chi connectivity index (χ2n) is 8.23. The van der Waals surface area contributed by atoms with Crippen LogP contribution in [0.2, 0.25) is 0 Å². The van der Waals surface area contributed by atoms with Crippen LogP contribution in [0, 0.1) is 0 Å². The largest absolute Gasteiger partial charge is 0.388 e. The fourth-order valence-electron chi connectivity index (χ4n) is 4.08. The Hall–Kier alpha value is -1.78. The molecule has 2 atom stereocenters. The molecule has 0 aliphatic carbocycles. The number of hydrogen-bond acceptors (Lipinski definition) is 6. The first-order valence-electron chi connectivity index (χ1n) is 11.0. The average Bonchev–Trinajstić information content (AvgIpc) is 2.78. The van der Waals surface area contributed by atoms with Gasteiger partial charge in [-0.1, -0.05) is 37.1 Å². The van der Waals surface area contributed by atoms with Crippen molar-refractivity contribution < 1.29 is 17.7 Å². The minimum Gasteiger partial charge on any atom is -0.388 e. The molecule has 2 aromatic carbocycles. The van der Waals surface area contributed by atoms with E-state index in [2.05, 4.69) is 34.1 Å². The van der Waals surface area contributed by atoms with Crippen molar-refractivity contribution in [1.82, 2.24) is 4.90 Å². The van der Waals surface area contributed by atoms with Crippen LogP contribution in [0.1, 0.15) is 37.4 Å². The van der Waals surface area contributed by atoms with Crippen LogP contribution in [0.5, 0.6) is 0 Å². The first kappa shape index (κ1) is 24.9. The van der Waals surface area contributed by atoms with E-state index >= 15 is 0 Å². The molecule has 7 nitrogen and oxygen atoms in total. The van der Waals surface area contributed by atoms with Crippen LogP contribution in [0.25, 0.3) is 0 Å². The maximum Gasteiger partial charge on any atom is 0.239 e. The molecule has 9 heteroatoms. The summed E-state index contributed by atoms with van der Waals surface area (Å²) in [5.74, 6) is 0. The molecular formula is C23H33N3O4S2. The maximum atomic E-state index is 11.8. The van der Waals surface area contributed by atoms with Gasteiger partial charge in [0, 0.05) is 38.1 Å². The third-order valence-corrected chi connectivity index (χ3v) is 7.97. The lowest BCUT2D eigenvalue weighted by Crippen LogP contribution is -2.46. The van der Waals surface area contributed by atoms with Gasteiger partial charge < -0.3 is 10.0 Å². The molecule has 3 rings (SSSR count). The molecule has 0 amide bonds. The first-order chi connectivity index (χ1) is 15.3. The summed E-state index contributed by atoms with van der Waals surface area (Å²) in [6, 6.07) is 15.0. The Morgan fingerprint density at radius 3 is 2.34 bits per heavy atom. The minimum atomic E-state index is -4.01. The molecule has 1 aliphatic rings. The van der Waals surface area contributed by atoms with Gasteiger partial charge in [0.1, 0.15) is 0 Å². The SMILES string of the molecule is CS(=O)c1ccc(C(O)CCCCCN2CCN(c3ccccc3)CC2)cc1S(N)(=O)=O. The fourth-order valence-corrected chi connectivity index (χ4v) is 6.03. The van der Waals surface area contributed by atoms with E-state index in [4.69, 9.17) is 5.14 Å². The number of rotatable bonds is 10. The second-order valence-corrected chi connectivity index (χ2v) is 11.1. The summed E-state index contributed by atoms with van der Waals surface area (Å²) in [7, 11) is -5.49. The third-order valence-electron chi connectivity index (χ3n) is 5.91. The number of piperazine rings is 1. The molecule has 2 unspecified atom stereocenters. The van der Waals surface area contributed by atoms with E-state index in [0.29, 0.717) is 12.0 Å². The van der Waals surface area contributed by atoms with Crippen molar-refractivity contribution >= 4 is 26.5 Å². The highest BCUT2D eigenvalue weighted by Crippen LogP contribution is 2.26. The number of aliphatic hydroxyl groups excluding tert-OH is 1. The van der Waals surface area contributed by atoms with E-state index < -0.39 is 26.9 Å². The quantitative estimate of drug-likeness (QED) is 0.508. The Labute approximate surface area is 193 Å². The van der Waals surface area contributed by atoms with E-state index in [9.17, 15) is 17.7 Å². The Morgan fingerprint density at radius 2 is 1.72 bits per heavy atom. The number of hydrogen-bond donors (Lipinski definition) is 2. The highest BCUT2D eigenvalue weighted by atomic mass is 32.2.